The van der Waals surface area contributed by atoms with E-state index in [9.17, 15) is 0 Å². The number of fused-ring (bicyclic) bond motifs is 2. The average molecular weight is 171 g/mol. The second kappa shape index (κ2) is 2.71. The van der Waals surface area contributed by atoms with Gasteiger partial charge in [-0.2, -0.15) is 0 Å². The molecule has 2 aliphatic rings. The first-order chi connectivity index (χ1) is 6.12. The van der Waals surface area contributed by atoms with Gasteiger partial charge in [-0.3, -0.25) is 0 Å². The minimum atomic E-state index is -0.314. The average Bonchev–Trinajstić information content (AvgIpc) is 2.58. The summed E-state index contributed by atoms with van der Waals surface area (Å²) in [6.45, 7) is 6.78. The summed E-state index contributed by atoms with van der Waals surface area (Å²) < 4.78 is 19.5. The summed E-state index contributed by atoms with van der Waals surface area (Å²) in [4.78, 5) is 0. The van der Waals surface area contributed by atoms with Crippen molar-refractivity contribution in [2.24, 2.45) is 5.92 Å². The van der Waals surface area contributed by atoms with E-state index < -0.39 is 0 Å². The molecule has 2 aliphatic heterocycles. The fourth-order valence-electron chi connectivity index (χ4n) is 2.43. The Labute approximate surface area is 75.6 Å². The molecular weight excluding hydrogens is 152 g/mol. The van der Waals surface area contributed by atoms with Gasteiger partial charge in [-0.1, -0.05) is 20.8 Å². The van der Waals surface area contributed by atoms with E-state index in [1.807, 2.05) is 6.92 Å². The summed E-state index contributed by atoms with van der Waals surface area (Å²) in [5.74, 6) is 0.380. The second-order valence-corrected chi connectivity index (χ2v) is 3.87. The van der Waals surface area contributed by atoms with Gasteiger partial charge in [0.25, 0.3) is 0 Å². The molecule has 2 nitrogen and oxygen atoms in total. The van der Waals surface area contributed by atoms with Gasteiger partial charge in [0.2, 0.25) is 0 Å². The highest BCUT2D eigenvalue weighted by atomic mass is 16.6. The van der Waals surface area contributed by atoms with Crippen molar-refractivity contribution in [1.29, 1.82) is 0 Å². The molecule has 2 saturated heterocycles. The van der Waals surface area contributed by atoms with Crippen LogP contribution in [0.5, 0.6) is 0 Å². The van der Waals surface area contributed by atoms with Crippen molar-refractivity contribution in [3.63, 3.8) is 0 Å². The molecule has 1 unspecified atom stereocenters. The fraction of sp³-hybridized carbons (Fsp3) is 1.00. The van der Waals surface area contributed by atoms with Gasteiger partial charge >= 0.3 is 0 Å². The van der Waals surface area contributed by atoms with Crippen molar-refractivity contribution >= 4 is 0 Å². The lowest BCUT2D eigenvalue weighted by Crippen LogP contribution is -2.37. The minimum Gasteiger partial charge on any atom is -0.372 e. The van der Waals surface area contributed by atoms with E-state index in [0.717, 1.165) is 6.42 Å². The summed E-state index contributed by atoms with van der Waals surface area (Å²) in [6.07, 6.45) is 1.25. The van der Waals surface area contributed by atoms with E-state index in [-0.39, 0.29) is 24.2 Å². The highest BCUT2D eigenvalue weighted by Crippen LogP contribution is 2.46. The summed E-state index contributed by atoms with van der Waals surface area (Å²) in [6, 6.07) is 0. The maximum atomic E-state index is 7.84. The van der Waals surface area contributed by atoms with Crippen LogP contribution in [0.4, 0.5) is 0 Å². The molecule has 2 heterocycles. The highest BCUT2D eigenvalue weighted by Gasteiger charge is 2.57. The van der Waals surface area contributed by atoms with E-state index in [4.69, 9.17) is 10.8 Å². The van der Waals surface area contributed by atoms with E-state index in [1.165, 1.54) is 0 Å². The van der Waals surface area contributed by atoms with Crippen LogP contribution < -0.4 is 0 Å². The summed E-state index contributed by atoms with van der Waals surface area (Å²) in [5.41, 5.74) is -0.314. The SMILES string of the molecule is [2H]C(C)[C@@]12CO[C@@H]([C@H](CC)O1)[C@@H]2C. The third-order valence-electron chi connectivity index (χ3n) is 3.39. The molecule has 0 N–H and O–H groups in total. The molecule has 5 atom stereocenters. The molecule has 2 fully saturated rings. The molecule has 0 aromatic rings. The van der Waals surface area contributed by atoms with Crippen LogP contribution in [0.1, 0.15) is 35.0 Å². The van der Waals surface area contributed by atoms with Crippen LogP contribution in [0.15, 0.2) is 0 Å². The zero-order valence-corrected chi connectivity index (χ0v) is 8.04. The zero-order valence-electron chi connectivity index (χ0n) is 9.04. The van der Waals surface area contributed by atoms with Gasteiger partial charge in [0.1, 0.15) is 0 Å². The van der Waals surface area contributed by atoms with Gasteiger partial charge in [-0.05, 0) is 12.8 Å². The largest absolute Gasteiger partial charge is 0.372 e. The molecule has 0 saturated carbocycles. The molecule has 70 valence electrons. The Kier molecular flexibility index (Phi) is 1.66. The van der Waals surface area contributed by atoms with Crippen LogP contribution in [0.25, 0.3) is 0 Å². The Morgan fingerprint density at radius 1 is 1.58 bits per heavy atom. The quantitative estimate of drug-likeness (QED) is 0.632. The van der Waals surface area contributed by atoms with E-state index >= 15 is 0 Å². The van der Waals surface area contributed by atoms with Crippen molar-refractivity contribution in [2.75, 3.05) is 6.61 Å². The first kappa shape index (κ1) is 7.34. The maximum absolute atomic E-state index is 7.84. The molecule has 0 aromatic carbocycles. The van der Waals surface area contributed by atoms with Crippen molar-refractivity contribution in [2.45, 2.75) is 51.4 Å². The third kappa shape index (κ3) is 0.882. The van der Waals surface area contributed by atoms with Gasteiger partial charge in [-0.25, -0.2) is 0 Å². The monoisotopic (exact) mass is 171 g/mol. The summed E-state index contributed by atoms with van der Waals surface area (Å²) >= 11 is 0. The van der Waals surface area contributed by atoms with Crippen LogP contribution >= 0.6 is 0 Å². The summed E-state index contributed by atoms with van der Waals surface area (Å²) in [7, 11) is 0. The maximum Gasteiger partial charge on any atom is 0.0968 e. The Bertz CT molecular complexity index is 207. The molecule has 2 bridgehead atoms. The smallest absolute Gasteiger partial charge is 0.0968 e. The highest BCUT2D eigenvalue weighted by molar-refractivity contribution is 5.04. The van der Waals surface area contributed by atoms with E-state index in [0.29, 0.717) is 12.5 Å². The van der Waals surface area contributed by atoms with Crippen LogP contribution in [0, 0.1) is 5.92 Å². The Balaban J connectivity index is 2.23. The van der Waals surface area contributed by atoms with Crippen molar-refractivity contribution < 1.29 is 10.8 Å². The molecular formula is C10H18O2. The number of rotatable bonds is 2. The normalized spacial score (nSPS) is 55.6. The minimum absolute atomic E-state index is 0.191. The van der Waals surface area contributed by atoms with Crippen LogP contribution in [0.3, 0.4) is 0 Å². The van der Waals surface area contributed by atoms with E-state index in [1.54, 1.807) is 0 Å². The van der Waals surface area contributed by atoms with Crippen LogP contribution in [-0.2, 0) is 9.47 Å². The lowest BCUT2D eigenvalue weighted by Gasteiger charge is -2.29. The fourth-order valence-corrected chi connectivity index (χ4v) is 2.43. The molecule has 0 spiro atoms. The zero-order chi connectivity index (χ0) is 9.64. The molecule has 0 amide bonds. The standard InChI is InChI=1S/C10H18O2/c1-4-8-9-7(3)10(5-2,12-8)6-11-9/h7-9H,4-6H2,1-3H3/t7-,8-,9+,10-/m0/s1/i5D/t5?,7-,8-,9+,10-. The van der Waals surface area contributed by atoms with Gasteiger partial charge in [0.15, 0.2) is 0 Å². The van der Waals surface area contributed by atoms with Gasteiger partial charge in [0, 0.05) is 7.29 Å². The summed E-state index contributed by atoms with van der Waals surface area (Å²) in [5, 5.41) is 0. The first-order valence-corrected chi connectivity index (χ1v) is 4.83. The predicted octanol–water partition coefficient (Wildman–Crippen LogP) is 1.98. The van der Waals surface area contributed by atoms with Crippen molar-refractivity contribution in [3.8, 4) is 0 Å². The van der Waals surface area contributed by atoms with Crippen LogP contribution in [0.2, 0.25) is 0 Å². The van der Waals surface area contributed by atoms with Gasteiger partial charge < -0.3 is 9.47 Å². The number of ether oxygens (including phenoxy) is 2. The molecule has 2 rings (SSSR count). The Morgan fingerprint density at radius 2 is 2.33 bits per heavy atom. The molecule has 0 aliphatic carbocycles. The molecule has 2 heteroatoms. The number of hydrogen-bond acceptors (Lipinski definition) is 2. The van der Waals surface area contributed by atoms with Gasteiger partial charge in [-0.15, -0.1) is 0 Å². The molecule has 0 radical (unpaired) electrons. The Hall–Kier alpha value is -0.0800. The van der Waals surface area contributed by atoms with Crippen LogP contribution in [-0.4, -0.2) is 24.4 Å². The topological polar surface area (TPSA) is 18.5 Å². The molecule has 0 aromatic heterocycles. The van der Waals surface area contributed by atoms with Gasteiger partial charge in [0.05, 0.1) is 24.4 Å². The van der Waals surface area contributed by atoms with E-state index in [2.05, 4.69) is 13.8 Å². The van der Waals surface area contributed by atoms with Crippen molar-refractivity contribution in [1.82, 2.24) is 0 Å². The predicted molar refractivity (Wildman–Crippen MR) is 47.1 cm³/mol. The third-order valence-corrected chi connectivity index (χ3v) is 3.39. The molecule has 12 heavy (non-hydrogen) atoms. The second-order valence-electron chi connectivity index (χ2n) is 3.87. The first-order valence-electron chi connectivity index (χ1n) is 5.41. The lowest BCUT2D eigenvalue weighted by molar-refractivity contribution is -0.144. The Morgan fingerprint density at radius 3 is 2.75 bits per heavy atom. The number of hydrogen-bond donors (Lipinski definition) is 0. The van der Waals surface area contributed by atoms with Crippen molar-refractivity contribution in [3.05, 3.63) is 0 Å². The lowest BCUT2D eigenvalue weighted by atomic mass is 9.88.